The van der Waals surface area contributed by atoms with Gasteiger partial charge in [-0.15, -0.1) is 0 Å². The molecule has 0 spiro atoms. The van der Waals surface area contributed by atoms with Gasteiger partial charge in [0.05, 0.1) is 29.5 Å². The molecular weight excluding hydrogens is 492 g/mol. The lowest BCUT2D eigenvalue weighted by molar-refractivity contribution is -0.114. The summed E-state index contributed by atoms with van der Waals surface area (Å²) in [5.74, 6) is 1.83. The molecule has 2 aromatic carbocycles. The van der Waals surface area contributed by atoms with Crippen molar-refractivity contribution in [2.75, 3.05) is 37.8 Å². The van der Waals surface area contributed by atoms with E-state index in [1.54, 1.807) is 12.1 Å². The predicted octanol–water partition coefficient (Wildman–Crippen LogP) is 3.24. The van der Waals surface area contributed by atoms with E-state index in [9.17, 15) is 9.00 Å². The van der Waals surface area contributed by atoms with E-state index in [1.165, 1.54) is 6.08 Å². The number of hydrogen-bond acceptors (Lipinski definition) is 8. The van der Waals surface area contributed by atoms with Crippen molar-refractivity contribution in [2.45, 2.75) is 20.0 Å². The maximum absolute atomic E-state index is 12.0. The van der Waals surface area contributed by atoms with Gasteiger partial charge in [-0.2, -0.15) is 0 Å². The van der Waals surface area contributed by atoms with E-state index >= 15 is 0 Å². The minimum absolute atomic E-state index is 0.280. The molecular formula is C27H26N4O5S. The number of para-hydroxylation sites is 1. The number of aryl methyl sites for hydroxylation is 2. The Labute approximate surface area is 217 Å². The molecule has 1 amide bonds. The Hall–Kier alpha value is -3.76. The number of nitrogens with zero attached hydrogens (tertiary/aromatic N) is 3. The largest absolute Gasteiger partial charge is 0.488 e. The van der Waals surface area contributed by atoms with E-state index in [2.05, 4.69) is 9.62 Å². The zero-order valence-electron chi connectivity index (χ0n) is 20.5. The maximum atomic E-state index is 12.0. The molecule has 1 aromatic heterocycles. The number of fused-ring (bicyclic) bond motifs is 1. The van der Waals surface area contributed by atoms with Crippen molar-refractivity contribution < 1.29 is 23.2 Å². The number of benzene rings is 2. The molecule has 9 nitrogen and oxygen atoms in total. The van der Waals surface area contributed by atoms with Crippen molar-refractivity contribution in [2.24, 2.45) is 0 Å². The lowest BCUT2D eigenvalue weighted by atomic mass is 9.98. The molecule has 2 atom stereocenters. The van der Waals surface area contributed by atoms with Gasteiger partial charge in [-0.3, -0.25) is 9.52 Å². The van der Waals surface area contributed by atoms with E-state index in [1.807, 2.05) is 44.2 Å². The molecule has 190 valence electrons. The zero-order valence-corrected chi connectivity index (χ0v) is 21.3. The van der Waals surface area contributed by atoms with Gasteiger partial charge in [-0.1, -0.05) is 30.3 Å². The van der Waals surface area contributed by atoms with Crippen LogP contribution in [0.5, 0.6) is 11.5 Å². The monoisotopic (exact) mass is 518 g/mol. The van der Waals surface area contributed by atoms with E-state index < -0.39 is 11.0 Å². The van der Waals surface area contributed by atoms with Gasteiger partial charge < -0.3 is 19.1 Å². The third-order valence-corrected chi connectivity index (χ3v) is 7.81. The fourth-order valence-corrected chi connectivity index (χ4v) is 5.82. The molecule has 1 saturated heterocycles. The van der Waals surface area contributed by atoms with Crippen LogP contribution >= 0.6 is 0 Å². The van der Waals surface area contributed by atoms with Crippen LogP contribution in [0.25, 0.3) is 16.0 Å². The van der Waals surface area contributed by atoms with E-state index in [4.69, 9.17) is 24.2 Å². The Morgan fingerprint density at radius 1 is 1.05 bits per heavy atom. The number of rotatable bonds is 5. The fraction of sp³-hybridized carbons (Fsp3) is 0.296. The molecule has 37 heavy (non-hydrogen) atoms. The van der Waals surface area contributed by atoms with Gasteiger partial charge in [-0.05, 0) is 31.5 Å². The molecule has 3 aromatic rings. The Morgan fingerprint density at radius 2 is 1.78 bits per heavy atom. The molecule has 0 bridgehead atoms. The second-order valence-electron chi connectivity index (χ2n) is 9.08. The second-order valence-corrected chi connectivity index (χ2v) is 10.3. The average Bonchev–Trinajstić information content (AvgIpc) is 3.47. The van der Waals surface area contributed by atoms with Gasteiger partial charge in [0.15, 0.2) is 17.1 Å². The highest BCUT2D eigenvalue weighted by atomic mass is 32.2. The van der Waals surface area contributed by atoms with Gasteiger partial charge in [-0.25, -0.2) is 14.2 Å². The average molecular weight is 519 g/mol. The van der Waals surface area contributed by atoms with Crippen molar-refractivity contribution >= 4 is 27.7 Å². The lowest BCUT2D eigenvalue weighted by Gasteiger charge is -2.27. The second kappa shape index (κ2) is 9.60. The normalized spacial score (nSPS) is 20.8. The minimum atomic E-state index is -1.53. The van der Waals surface area contributed by atoms with Gasteiger partial charge in [0.2, 0.25) is 5.95 Å². The lowest BCUT2D eigenvalue weighted by Crippen LogP contribution is -2.37. The van der Waals surface area contributed by atoms with Crippen LogP contribution in [0.3, 0.4) is 0 Å². The molecule has 0 radical (unpaired) electrons. The Balaban J connectivity index is 1.25. The van der Waals surface area contributed by atoms with Crippen molar-refractivity contribution in [1.29, 1.82) is 0 Å². The Bertz CT molecular complexity index is 1410. The van der Waals surface area contributed by atoms with Crippen LogP contribution in [0.4, 0.5) is 5.95 Å². The molecule has 4 heterocycles. The first-order valence-electron chi connectivity index (χ1n) is 12.1. The Morgan fingerprint density at radius 3 is 2.46 bits per heavy atom. The van der Waals surface area contributed by atoms with Crippen LogP contribution in [0.15, 0.2) is 48.5 Å². The molecule has 3 aliphatic heterocycles. The van der Waals surface area contributed by atoms with Gasteiger partial charge >= 0.3 is 0 Å². The summed E-state index contributed by atoms with van der Waals surface area (Å²) in [7, 11) is -1.53. The summed E-state index contributed by atoms with van der Waals surface area (Å²) in [6.45, 7) is 7.33. The quantitative estimate of drug-likeness (QED) is 0.549. The highest BCUT2D eigenvalue weighted by molar-refractivity contribution is 7.93. The summed E-state index contributed by atoms with van der Waals surface area (Å²) >= 11 is 0. The molecule has 6 rings (SSSR count). The number of ether oxygens (including phenoxy) is 3. The van der Waals surface area contributed by atoms with Crippen LogP contribution in [-0.2, 0) is 20.5 Å². The number of amides is 1. The first-order chi connectivity index (χ1) is 18.0. The summed E-state index contributed by atoms with van der Waals surface area (Å²) < 4.78 is 32.3. The minimum Gasteiger partial charge on any atom is -0.488 e. The van der Waals surface area contributed by atoms with Crippen LogP contribution < -0.4 is 19.1 Å². The van der Waals surface area contributed by atoms with E-state index in [-0.39, 0.29) is 12.0 Å². The topological polar surface area (TPSA) is 103 Å². The van der Waals surface area contributed by atoms with Crippen molar-refractivity contribution in [3.63, 3.8) is 0 Å². The van der Waals surface area contributed by atoms with E-state index in [0.29, 0.717) is 36.0 Å². The summed E-state index contributed by atoms with van der Waals surface area (Å²) in [4.78, 5) is 23.7. The van der Waals surface area contributed by atoms with Crippen molar-refractivity contribution in [3.05, 3.63) is 71.1 Å². The number of carbonyl (C=O) groups excluding carboxylic acids is 1. The van der Waals surface area contributed by atoms with Crippen LogP contribution in [0.2, 0.25) is 0 Å². The molecule has 10 heteroatoms. The number of hydrogen-bond donors (Lipinski definition) is 1. The number of morpholine rings is 1. The van der Waals surface area contributed by atoms with Crippen molar-refractivity contribution in [3.8, 4) is 22.6 Å². The first-order valence-corrected chi connectivity index (χ1v) is 13.3. The zero-order chi connectivity index (χ0) is 25.5. The van der Waals surface area contributed by atoms with Crippen LogP contribution in [-0.4, -0.2) is 53.0 Å². The van der Waals surface area contributed by atoms with Gasteiger partial charge in [0.25, 0.3) is 5.91 Å². The van der Waals surface area contributed by atoms with Crippen LogP contribution in [0.1, 0.15) is 28.6 Å². The highest BCUT2D eigenvalue weighted by Gasteiger charge is 2.30. The fourth-order valence-electron chi connectivity index (χ4n) is 4.91. The van der Waals surface area contributed by atoms with E-state index in [0.717, 1.165) is 52.9 Å². The van der Waals surface area contributed by atoms with Gasteiger partial charge in [0.1, 0.15) is 18.1 Å². The third-order valence-electron chi connectivity index (χ3n) is 6.67. The number of anilines is 1. The van der Waals surface area contributed by atoms with Gasteiger partial charge in [0, 0.05) is 35.9 Å². The summed E-state index contributed by atoms with van der Waals surface area (Å²) in [5.41, 5.74) is 5.40. The summed E-state index contributed by atoms with van der Waals surface area (Å²) in [6, 6.07) is 13.3. The first kappa shape index (κ1) is 23.6. The Kier molecular flexibility index (Phi) is 6.13. The standard InChI is InChI=1S/C27H26N4O5S/c1-16-25(17(2)29-27(28-16)31-10-12-34-13-11-31)21-5-3-4-20-22(15-35-26(20)21)36-19-8-6-18(7-9-19)23-14-24(32)30-37(23)33/h3-9,14,22H,10-13,15H2,1-2H3,(H,30,32)/t22-,37?/m1/s1. The predicted molar refractivity (Wildman–Crippen MR) is 140 cm³/mol. The molecule has 0 saturated carbocycles. The smallest absolute Gasteiger partial charge is 0.257 e. The molecule has 3 aliphatic rings. The molecule has 1 fully saturated rings. The summed E-state index contributed by atoms with van der Waals surface area (Å²) in [6.07, 6.45) is 1.08. The highest BCUT2D eigenvalue weighted by Crippen LogP contribution is 2.44. The SMILES string of the molecule is Cc1nc(N2CCOCC2)nc(C)c1-c1cccc2c1OC[C@H]2Oc1ccc(C2=CC(=O)NS2=O)cc1. The van der Waals surface area contributed by atoms with Crippen molar-refractivity contribution in [1.82, 2.24) is 14.7 Å². The molecule has 0 aliphatic carbocycles. The number of nitrogens with one attached hydrogen (secondary N) is 1. The third kappa shape index (κ3) is 4.47. The molecule has 1 unspecified atom stereocenters. The number of aromatic nitrogens is 2. The maximum Gasteiger partial charge on any atom is 0.257 e. The molecule has 1 N–H and O–H groups in total. The summed E-state index contributed by atoms with van der Waals surface area (Å²) in [5, 5.41) is 0. The van der Waals surface area contributed by atoms with Crippen LogP contribution in [0, 0.1) is 13.8 Å². The number of carbonyl (C=O) groups is 1.